The summed E-state index contributed by atoms with van der Waals surface area (Å²) in [6.45, 7) is 1.83. The molecule has 0 radical (unpaired) electrons. The fraction of sp³-hybridized carbons (Fsp3) is 0.0588. The lowest BCUT2D eigenvalue weighted by molar-refractivity contribution is 0.104. The van der Waals surface area contributed by atoms with Gasteiger partial charge in [0.1, 0.15) is 23.3 Å². The van der Waals surface area contributed by atoms with E-state index < -0.39 is 17.4 Å². The van der Waals surface area contributed by atoms with Crippen LogP contribution < -0.4 is 0 Å². The van der Waals surface area contributed by atoms with Crippen molar-refractivity contribution in [1.82, 2.24) is 0 Å². The molecule has 0 amide bonds. The Morgan fingerprint density at radius 2 is 1.95 bits per heavy atom. The van der Waals surface area contributed by atoms with E-state index in [0.717, 1.165) is 17.7 Å². The Morgan fingerprint density at radius 3 is 2.57 bits per heavy atom. The van der Waals surface area contributed by atoms with Gasteiger partial charge in [0.25, 0.3) is 0 Å². The van der Waals surface area contributed by atoms with Crippen molar-refractivity contribution in [3.63, 3.8) is 0 Å². The van der Waals surface area contributed by atoms with E-state index in [9.17, 15) is 13.6 Å². The zero-order valence-corrected chi connectivity index (χ0v) is 11.2. The van der Waals surface area contributed by atoms with Crippen molar-refractivity contribution in [2.75, 3.05) is 0 Å². The summed E-state index contributed by atoms with van der Waals surface area (Å²) in [6.07, 6.45) is 1.12. The molecule has 2 aromatic carbocycles. The summed E-state index contributed by atoms with van der Waals surface area (Å²) in [6, 6.07) is 11.5. The van der Waals surface area contributed by atoms with Crippen LogP contribution >= 0.6 is 0 Å². The third kappa shape index (κ3) is 3.40. The second kappa shape index (κ2) is 6.10. The summed E-state index contributed by atoms with van der Waals surface area (Å²) in [7, 11) is 0. The molecule has 0 spiro atoms. The minimum absolute atomic E-state index is 0.00560. The van der Waals surface area contributed by atoms with Crippen molar-refractivity contribution >= 4 is 11.9 Å². The molecule has 0 heterocycles. The van der Waals surface area contributed by atoms with Gasteiger partial charge in [-0.25, -0.2) is 8.78 Å². The van der Waals surface area contributed by atoms with E-state index in [1.165, 1.54) is 6.07 Å². The molecule has 0 N–H and O–H groups in total. The first-order valence-corrected chi connectivity index (χ1v) is 6.19. The predicted octanol–water partition coefficient (Wildman–Crippen LogP) is 4.06. The average molecular weight is 283 g/mol. The molecule has 0 unspecified atom stereocenters. The maximum Gasteiger partial charge on any atom is 0.203 e. The van der Waals surface area contributed by atoms with Crippen molar-refractivity contribution in [2.24, 2.45) is 0 Å². The van der Waals surface area contributed by atoms with Crippen LogP contribution in [-0.4, -0.2) is 5.78 Å². The van der Waals surface area contributed by atoms with Gasteiger partial charge in [0.2, 0.25) is 5.78 Å². The van der Waals surface area contributed by atoms with Crippen molar-refractivity contribution in [3.8, 4) is 6.07 Å². The minimum atomic E-state index is -0.820. The molecule has 0 aliphatic carbocycles. The molecular formula is C17H11F2NO. The van der Waals surface area contributed by atoms with Crippen LogP contribution in [-0.2, 0) is 0 Å². The van der Waals surface area contributed by atoms with Crippen LogP contribution in [0.25, 0.3) is 6.08 Å². The van der Waals surface area contributed by atoms with Crippen LogP contribution in [0.15, 0.2) is 48.0 Å². The third-order valence-electron chi connectivity index (χ3n) is 2.91. The van der Waals surface area contributed by atoms with Crippen LogP contribution in [0.1, 0.15) is 21.5 Å². The van der Waals surface area contributed by atoms with Gasteiger partial charge in [0, 0.05) is 17.2 Å². The predicted molar refractivity (Wildman–Crippen MR) is 75.5 cm³/mol. The lowest BCUT2D eigenvalue weighted by atomic mass is 10.0. The van der Waals surface area contributed by atoms with E-state index >= 15 is 0 Å². The summed E-state index contributed by atoms with van der Waals surface area (Å²) in [5, 5.41) is 9.10. The van der Waals surface area contributed by atoms with Gasteiger partial charge in [-0.1, -0.05) is 23.8 Å². The van der Waals surface area contributed by atoms with E-state index in [-0.39, 0.29) is 11.1 Å². The highest BCUT2D eigenvalue weighted by Gasteiger charge is 2.13. The number of hydrogen-bond acceptors (Lipinski definition) is 2. The van der Waals surface area contributed by atoms with Crippen LogP contribution in [0.2, 0.25) is 0 Å². The SMILES string of the molecule is Cc1cccc(C(=O)/C(C#N)=C/c2ccc(F)cc2F)c1. The maximum atomic E-state index is 13.6. The summed E-state index contributed by atoms with van der Waals surface area (Å²) in [5.74, 6) is -2.03. The molecule has 21 heavy (non-hydrogen) atoms. The van der Waals surface area contributed by atoms with E-state index in [4.69, 9.17) is 5.26 Å². The highest BCUT2D eigenvalue weighted by molar-refractivity contribution is 6.14. The number of aryl methyl sites for hydroxylation is 1. The zero-order valence-electron chi connectivity index (χ0n) is 11.2. The highest BCUT2D eigenvalue weighted by Crippen LogP contribution is 2.16. The number of nitrogens with zero attached hydrogens (tertiary/aromatic N) is 1. The lowest BCUT2D eigenvalue weighted by Crippen LogP contribution is -2.02. The van der Waals surface area contributed by atoms with Gasteiger partial charge in [-0.05, 0) is 31.2 Å². The van der Waals surface area contributed by atoms with Crippen molar-refractivity contribution in [1.29, 1.82) is 5.26 Å². The van der Waals surface area contributed by atoms with Gasteiger partial charge in [-0.15, -0.1) is 0 Å². The second-order valence-electron chi connectivity index (χ2n) is 4.53. The van der Waals surface area contributed by atoms with E-state index in [0.29, 0.717) is 11.6 Å². The second-order valence-corrected chi connectivity index (χ2v) is 4.53. The van der Waals surface area contributed by atoms with Gasteiger partial charge in [-0.2, -0.15) is 5.26 Å². The van der Waals surface area contributed by atoms with E-state index in [2.05, 4.69) is 0 Å². The number of ketones is 1. The van der Waals surface area contributed by atoms with Crippen molar-refractivity contribution in [2.45, 2.75) is 6.92 Å². The molecule has 2 aromatic rings. The molecule has 2 rings (SSSR count). The number of Topliss-reactive ketones (excluding diaryl/α,β-unsaturated/α-hetero) is 1. The molecule has 2 nitrogen and oxygen atoms in total. The Hall–Kier alpha value is -2.80. The maximum absolute atomic E-state index is 13.6. The summed E-state index contributed by atoms with van der Waals surface area (Å²) < 4.78 is 26.4. The van der Waals surface area contributed by atoms with Gasteiger partial charge in [0.05, 0.1) is 0 Å². The number of hydrogen-bond donors (Lipinski definition) is 0. The number of carbonyl (C=O) groups excluding carboxylic acids is 1. The van der Waals surface area contributed by atoms with E-state index in [1.54, 1.807) is 24.3 Å². The van der Waals surface area contributed by atoms with E-state index in [1.807, 2.05) is 13.0 Å². The topological polar surface area (TPSA) is 40.9 Å². The van der Waals surface area contributed by atoms with Crippen LogP contribution in [0.3, 0.4) is 0 Å². The molecule has 4 heteroatoms. The molecule has 0 bridgehead atoms. The monoisotopic (exact) mass is 283 g/mol. The molecule has 104 valence electrons. The van der Waals surface area contributed by atoms with Crippen LogP contribution in [0.4, 0.5) is 8.78 Å². The first-order valence-electron chi connectivity index (χ1n) is 6.19. The standard InChI is InChI=1S/C17H11F2NO/c1-11-3-2-4-13(7-11)17(21)14(10-20)8-12-5-6-15(18)9-16(12)19/h2-9H,1H3/b14-8+. The molecule has 0 aliphatic heterocycles. The van der Waals surface area contributed by atoms with Crippen molar-refractivity contribution in [3.05, 3.63) is 76.4 Å². The summed E-state index contributed by atoms with van der Waals surface area (Å²) in [4.78, 5) is 12.2. The highest BCUT2D eigenvalue weighted by atomic mass is 19.1. The smallest absolute Gasteiger partial charge is 0.203 e. The third-order valence-corrected chi connectivity index (χ3v) is 2.91. The zero-order chi connectivity index (χ0) is 15.4. The molecule has 0 atom stereocenters. The summed E-state index contributed by atoms with van der Waals surface area (Å²) >= 11 is 0. The number of rotatable bonds is 3. The Kier molecular flexibility index (Phi) is 4.24. The van der Waals surface area contributed by atoms with Gasteiger partial charge in [0.15, 0.2) is 0 Å². The number of carbonyl (C=O) groups is 1. The quantitative estimate of drug-likeness (QED) is 0.484. The molecule has 0 saturated heterocycles. The molecule has 0 saturated carbocycles. The fourth-order valence-corrected chi connectivity index (χ4v) is 1.86. The first-order chi connectivity index (χ1) is 10.0. The van der Waals surface area contributed by atoms with Crippen LogP contribution in [0, 0.1) is 29.9 Å². The molecular weight excluding hydrogens is 272 g/mol. The number of benzene rings is 2. The largest absolute Gasteiger partial charge is 0.288 e. The Balaban J connectivity index is 2.42. The number of halogens is 2. The Labute approximate surface area is 121 Å². The molecule has 0 fully saturated rings. The van der Waals surface area contributed by atoms with Crippen molar-refractivity contribution < 1.29 is 13.6 Å². The lowest BCUT2D eigenvalue weighted by Gasteiger charge is -2.02. The summed E-state index contributed by atoms with van der Waals surface area (Å²) in [5.41, 5.74) is 1.02. The fourth-order valence-electron chi connectivity index (χ4n) is 1.86. The van der Waals surface area contributed by atoms with Crippen LogP contribution in [0.5, 0.6) is 0 Å². The first kappa shape index (κ1) is 14.6. The number of allylic oxidation sites excluding steroid dienone is 1. The molecule has 0 aromatic heterocycles. The van der Waals surface area contributed by atoms with Gasteiger partial charge >= 0.3 is 0 Å². The Morgan fingerprint density at radius 1 is 1.19 bits per heavy atom. The molecule has 0 aliphatic rings. The normalized spacial score (nSPS) is 11.0. The average Bonchev–Trinajstić information content (AvgIpc) is 2.46. The van der Waals surface area contributed by atoms with Gasteiger partial charge < -0.3 is 0 Å². The van der Waals surface area contributed by atoms with Gasteiger partial charge in [-0.3, -0.25) is 4.79 Å². The minimum Gasteiger partial charge on any atom is -0.288 e. The Bertz CT molecular complexity index is 773. The number of nitriles is 1.